The average Bonchev–Trinajstić information content (AvgIpc) is 3.16. The molecule has 0 radical (unpaired) electrons. The minimum atomic E-state index is -0.0877. The van der Waals surface area contributed by atoms with E-state index in [1.807, 2.05) is 44.2 Å². The lowest BCUT2D eigenvalue weighted by molar-refractivity contribution is -0.116. The van der Waals surface area contributed by atoms with Crippen LogP contribution in [0.5, 0.6) is 0 Å². The standard InChI is InChI=1S/C25H28N2O4/c1-15(2)26-19-13-17(16-7-4-3-5-8-16)14-22(30)24(19)21(29)12-11-18-25-20(28)9-6-10-23(25)31-27-18/h3-5,7-8,15,17,29H,6,9-14H2,1-2H3/b24-21-,26-19?. The molecule has 2 aliphatic carbocycles. The van der Waals surface area contributed by atoms with Gasteiger partial charge in [-0.15, -0.1) is 0 Å². The van der Waals surface area contributed by atoms with E-state index < -0.39 is 0 Å². The molecule has 4 rings (SSSR count). The third-order valence-corrected chi connectivity index (χ3v) is 5.93. The first-order valence-corrected chi connectivity index (χ1v) is 11.0. The van der Waals surface area contributed by atoms with Crippen molar-refractivity contribution in [3.8, 4) is 0 Å². The first kappa shape index (κ1) is 21.2. The van der Waals surface area contributed by atoms with Gasteiger partial charge < -0.3 is 9.63 Å². The maximum absolute atomic E-state index is 13.1. The van der Waals surface area contributed by atoms with E-state index in [4.69, 9.17) is 4.52 Å². The van der Waals surface area contributed by atoms with Crippen LogP contribution >= 0.6 is 0 Å². The molecule has 0 spiro atoms. The van der Waals surface area contributed by atoms with Gasteiger partial charge in [-0.25, -0.2) is 0 Å². The highest BCUT2D eigenvalue weighted by Gasteiger charge is 2.33. The summed E-state index contributed by atoms with van der Waals surface area (Å²) in [4.78, 5) is 30.0. The predicted octanol–water partition coefficient (Wildman–Crippen LogP) is 4.93. The number of aromatic nitrogens is 1. The highest BCUT2D eigenvalue weighted by Crippen LogP contribution is 2.34. The molecule has 1 aromatic heterocycles. The summed E-state index contributed by atoms with van der Waals surface area (Å²) in [5.41, 5.74) is 3.25. The number of Topliss-reactive ketones (excluding diaryl/α,β-unsaturated/α-hetero) is 2. The van der Waals surface area contributed by atoms with E-state index in [0.29, 0.717) is 60.4 Å². The molecule has 1 aromatic carbocycles. The minimum absolute atomic E-state index is 0.0142. The molecule has 1 N–H and O–H groups in total. The van der Waals surface area contributed by atoms with Gasteiger partial charge >= 0.3 is 0 Å². The number of aliphatic hydroxyl groups excluding tert-OH is 1. The van der Waals surface area contributed by atoms with Crippen LogP contribution in [0.1, 0.15) is 79.2 Å². The Balaban J connectivity index is 1.58. The fourth-order valence-electron chi connectivity index (χ4n) is 4.53. The Bertz CT molecular complexity index is 1050. The number of nitrogens with zero attached hydrogens (tertiary/aromatic N) is 2. The lowest BCUT2D eigenvalue weighted by Gasteiger charge is -2.26. The Hall–Kier alpha value is -3.02. The summed E-state index contributed by atoms with van der Waals surface area (Å²) >= 11 is 0. The Morgan fingerprint density at radius 2 is 1.94 bits per heavy atom. The Morgan fingerprint density at radius 1 is 1.16 bits per heavy atom. The van der Waals surface area contributed by atoms with Gasteiger partial charge in [-0.05, 0) is 38.2 Å². The van der Waals surface area contributed by atoms with Crippen molar-refractivity contribution in [2.24, 2.45) is 4.99 Å². The van der Waals surface area contributed by atoms with Crippen LogP contribution < -0.4 is 0 Å². The van der Waals surface area contributed by atoms with Crippen molar-refractivity contribution in [3.63, 3.8) is 0 Å². The molecule has 0 aliphatic heterocycles. The quantitative estimate of drug-likeness (QED) is 0.547. The second kappa shape index (κ2) is 9.00. The number of ketones is 2. The molecule has 162 valence electrons. The van der Waals surface area contributed by atoms with E-state index in [0.717, 1.165) is 12.0 Å². The zero-order valence-corrected chi connectivity index (χ0v) is 18.1. The monoisotopic (exact) mass is 420 g/mol. The van der Waals surface area contributed by atoms with Crippen molar-refractivity contribution in [2.45, 2.75) is 70.8 Å². The maximum atomic E-state index is 13.1. The predicted molar refractivity (Wildman–Crippen MR) is 118 cm³/mol. The second-order valence-corrected chi connectivity index (χ2v) is 8.63. The molecule has 1 fully saturated rings. The molecule has 1 unspecified atom stereocenters. The number of allylic oxidation sites excluding steroid dienone is 2. The van der Waals surface area contributed by atoms with Gasteiger partial charge in [0.25, 0.3) is 0 Å². The van der Waals surface area contributed by atoms with Gasteiger partial charge in [-0.3, -0.25) is 14.6 Å². The SMILES string of the molecule is CC(C)N=C1CC(c2ccccc2)CC(=O)/C1=C(\O)CCc1noc2c1C(=O)CCC2. The van der Waals surface area contributed by atoms with Crippen LogP contribution in [-0.2, 0) is 17.6 Å². The number of carbonyl (C=O) groups excluding carboxylic acids is 2. The number of aryl methyl sites for hydroxylation is 2. The van der Waals surface area contributed by atoms with Crippen LogP contribution in [0, 0.1) is 0 Å². The molecule has 31 heavy (non-hydrogen) atoms. The Morgan fingerprint density at radius 3 is 2.68 bits per heavy atom. The largest absolute Gasteiger partial charge is 0.511 e. The van der Waals surface area contributed by atoms with Crippen molar-refractivity contribution in [1.82, 2.24) is 5.16 Å². The number of fused-ring (bicyclic) bond motifs is 1. The summed E-state index contributed by atoms with van der Waals surface area (Å²) in [6, 6.07) is 9.99. The van der Waals surface area contributed by atoms with Crippen molar-refractivity contribution in [2.75, 3.05) is 0 Å². The Kier molecular flexibility index (Phi) is 6.16. The topological polar surface area (TPSA) is 92.8 Å². The lowest BCUT2D eigenvalue weighted by atomic mass is 9.78. The van der Waals surface area contributed by atoms with Crippen molar-refractivity contribution < 1.29 is 19.2 Å². The van der Waals surface area contributed by atoms with Crippen molar-refractivity contribution >= 4 is 17.3 Å². The maximum Gasteiger partial charge on any atom is 0.168 e. The first-order valence-electron chi connectivity index (χ1n) is 11.0. The highest BCUT2D eigenvalue weighted by atomic mass is 16.5. The third-order valence-electron chi connectivity index (χ3n) is 5.93. The molecule has 1 heterocycles. The number of rotatable bonds is 5. The molecule has 2 aromatic rings. The van der Waals surface area contributed by atoms with Gasteiger partial charge in [0.15, 0.2) is 11.6 Å². The van der Waals surface area contributed by atoms with Gasteiger partial charge in [0.1, 0.15) is 11.5 Å². The number of hydrogen-bond donors (Lipinski definition) is 1. The molecule has 0 bridgehead atoms. The summed E-state index contributed by atoms with van der Waals surface area (Å²) in [6.07, 6.45) is 3.53. The summed E-state index contributed by atoms with van der Waals surface area (Å²) < 4.78 is 5.33. The summed E-state index contributed by atoms with van der Waals surface area (Å²) in [6.45, 7) is 3.93. The molecule has 1 atom stereocenters. The van der Waals surface area contributed by atoms with Crippen LogP contribution in [0.25, 0.3) is 0 Å². The fraction of sp³-hybridized carbons (Fsp3) is 0.440. The molecule has 1 saturated carbocycles. The van der Waals surface area contributed by atoms with E-state index in [2.05, 4.69) is 10.1 Å². The molecular formula is C25H28N2O4. The Labute approximate surface area is 182 Å². The molecular weight excluding hydrogens is 392 g/mol. The normalized spacial score (nSPS) is 22.2. The highest BCUT2D eigenvalue weighted by molar-refractivity contribution is 6.24. The van der Waals surface area contributed by atoms with Crippen molar-refractivity contribution in [1.29, 1.82) is 0 Å². The van der Waals surface area contributed by atoms with E-state index >= 15 is 0 Å². The van der Waals surface area contributed by atoms with Crippen LogP contribution in [0.4, 0.5) is 0 Å². The summed E-state index contributed by atoms with van der Waals surface area (Å²) in [7, 11) is 0. The second-order valence-electron chi connectivity index (χ2n) is 8.63. The van der Waals surface area contributed by atoms with Gasteiger partial charge in [-0.1, -0.05) is 35.5 Å². The summed E-state index contributed by atoms with van der Waals surface area (Å²) in [5, 5.41) is 14.9. The number of benzene rings is 1. The van der Waals surface area contributed by atoms with E-state index in [9.17, 15) is 14.7 Å². The lowest BCUT2D eigenvalue weighted by Crippen LogP contribution is -2.27. The van der Waals surface area contributed by atoms with Gasteiger partial charge in [0.2, 0.25) is 0 Å². The summed E-state index contributed by atoms with van der Waals surface area (Å²) in [5.74, 6) is 0.681. The zero-order valence-electron chi connectivity index (χ0n) is 18.1. The van der Waals surface area contributed by atoms with E-state index in [-0.39, 0.29) is 35.7 Å². The molecule has 6 heteroatoms. The van der Waals surface area contributed by atoms with Crippen LogP contribution in [0.3, 0.4) is 0 Å². The molecule has 0 saturated heterocycles. The molecule has 2 aliphatic rings. The van der Waals surface area contributed by atoms with Crippen LogP contribution in [0.15, 0.2) is 51.2 Å². The number of carbonyl (C=O) groups is 2. The molecule has 0 amide bonds. The third kappa shape index (κ3) is 4.53. The molecule has 6 nitrogen and oxygen atoms in total. The van der Waals surface area contributed by atoms with Crippen molar-refractivity contribution in [3.05, 3.63) is 64.2 Å². The first-order chi connectivity index (χ1) is 14.9. The number of aliphatic hydroxyl groups is 1. The smallest absolute Gasteiger partial charge is 0.168 e. The van der Waals surface area contributed by atoms with Gasteiger partial charge in [-0.2, -0.15) is 0 Å². The van der Waals surface area contributed by atoms with Crippen LogP contribution in [-0.4, -0.2) is 33.6 Å². The number of aliphatic imine (C=N–C) groups is 1. The van der Waals surface area contributed by atoms with Crippen LogP contribution in [0.2, 0.25) is 0 Å². The van der Waals surface area contributed by atoms with Gasteiger partial charge in [0.05, 0.1) is 16.8 Å². The minimum Gasteiger partial charge on any atom is -0.511 e. The fourth-order valence-corrected chi connectivity index (χ4v) is 4.53. The van der Waals surface area contributed by atoms with E-state index in [1.165, 1.54) is 0 Å². The van der Waals surface area contributed by atoms with E-state index in [1.54, 1.807) is 0 Å². The van der Waals surface area contributed by atoms with Gasteiger partial charge in [0, 0.05) is 43.9 Å². The zero-order chi connectivity index (χ0) is 22.0. The number of hydrogen-bond acceptors (Lipinski definition) is 6. The average molecular weight is 421 g/mol.